The number of carbonyl (C=O) groups is 1. The van der Waals surface area contributed by atoms with E-state index in [4.69, 9.17) is 0 Å². The molecule has 7 heteroatoms. The monoisotopic (exact) mass is 420 g/mol. The summed E-state index contributed by atoms with van der Waals surface area (Å²) in [5, 5.41) is 19.8. The molecule has 0 aliphatic heterocycles. The Morgan fingerprint density at radius 2 is 1.91 bits per heavy atom. The maximum atomic E-state index is 12.5. The molecule has 0 aliphatic carbocycles. The van der Waals surface area contributed by atoms with Crippen LogP contribution in [0.1, 0.15) is 21.5 Å². The minimum atomic E-state index is -0.136. The molecule has 0 bridgehead atoms. The number of amides is 1. The van der Waals surface area contributed by atoms with Crippen LogP contribution in [0.3, 0.4) is 0 Å². The number of carbonyl (C=O) groups excluding carboxylic acids is 1. The van der Waals surface area contributed by atoms with Gasteiger partial charge in [0, 0.05) is 17.5 Å². The molecule has 5 aromatic rings. The van der Waals surface area contributed by atoms with Crippen LogP contribution in [0.25, 0.3) is 34.1 Å². The number of fused-ring (bicyclic) bond motifs is 1. The summed E-state index contributed by atoms with van der Waals surface area (Å²) in [5.74, 6) is -0.136. The van der Waals surface area contributed by atoms with E-state index < -0.39 is 0 Å². The molecule has 0 saturated carbocycles. The van der Waals surface area contributed by atoms with Crippen LogP contribution in [-0.2, 0) is 6.54 Å². The average Bonchev–Trinajstić information content (AvgIpc) is 3.50. The van der Waals surface area contributed by atoms with Gasteiger partial charge in [-0.25, -0.2) is 4.68 Å². The molecule has 32 heavy (non-hydrogen) atoms. The molecular weight excluding hydrogens is 400 g/mol. The normalized spacial score (nSPS) is 10.9. The van der Waals surface area contributed by atoms with Crippen LogP contribution in [0, 0.1) is 0 Å². The van der Waals surface area contributed by atoms with Crippen molar-refractivity contribution in [3.63, 3.8) is 0 Å². The lowest BCUT2D eigenvalue weighted by Gasteiger charge is -2.07. The van der Waals surface area contributed by atoms with Crippen LogP contribution in [0.4, 0.5) is 0 Å². The number of aromatic nitrogens is 5. The van der Waals surface area contributed by atoms with Crippen molar-refractivity contribution in [3.8, 4) is 17.1 Å². The number of nitrogens with one attached hydrogen (secondary N) is 2. The summed E-state index contributed by atoms with van der Waals surface area (Å²) in [5.41, 5.74) is 5.80. The van der Waals surface area contributed by atoms with Crippen molar-refractivity contribution in [2.45, 2.75) is 6.54 Å². The number of rotatable bonds is 6. The number of nitrogens with zero attached hydrogens (tertiary/aromatic N) is 4. The van der Waals surface area contributed by atoms with Crippen molar-refractivity contribution in [3.05, 3.63) is 102 Å². The molecular formula is C25H20N6O. The number of hydrogen-bond donors (Lipinski definition) is 2. The second kappa shape index (κ2) is 8.31. The minimum absolute atomic E-state index is 0.136. The third kappa shape index (κ3) is 3.79. The van der Waals surface area contributed by atoms with Gasteiger partial charge in [0.15, 0.2) is 0 Å². The highest BCUT2D eigenvalue weighted by Crippen LogP contribution is 2.24. The molecule has 5 rings (SSSR count). The standard InChI is InChI=1S/C25H20N6O/c1-2-17-6-5-7-18(14-17)15-26-25(32)19-10-12-20(13-11-19)31-16-23(28-30-31)24-21-8-3-4-9-22(21)27-29-24/h2-14,16H,1,15H2,(H,26,32)(H,27,29). The molecule has 0 aliphatic rings. The van der Waals surface area contributed by atoms with Gasteiger partial charge < -0.3 is 5.32 Å². The number of benzene rings is 3. The van der Waals surface area contributed by atoms with E-state index in [1.807, 2.05) is 66.9 Å². The highest BCUT2D eigenvalue weighted by Gasteiger charge is 2.13. The first-order valence-corrected chi connectivity index (χ1v) is 10.2. The van der Waals surface area contributed by atoms with E-state index in [2.05, 4.69) is 32.4 Å². The zero-order valence-electron chi connectivity index (χ0n) is 17.2. The molecule has 0 unspecified atom stereocenters. The quantitative estimate of drug-likeness (QED) is 0.427. The van der Waals surface area contributed by atoms with Gasteiger partial charge in [-0.15, -0.1) is 5.10 Å². The fourth-order valence-electron chi connectivity index (χ4n) is 3.54. The summed E-state index contributed by atoms with van der Waals surface area (Å²) in [7, 11) is 0. The fourth-order valence-corrected chi connectivity index (χ4v) is 3.54. The lowest BCUT2D eigenvalue weighted by atomic mass is 10.1. The molecule has 2 N–H and O–H groups in total. The molecule has 0 atom stereocenters. The molecule has 7 nitrogen and oxygen atoms in total. The predicted octanol–water partition coefficient (Wildman–Crippen LogP) is 4.38. The van der Waals surface area contributed by atoms with E-state index in [1.165, 1.54) is 0 Å². The number of H-pyrrole nitrogens is 1. The van der Waals surface area contributed by atoms with Crippen LogP contribution in [0.15, 0.2) is 85.6 Å². The zero-order chi connectivity index (χ0) is 21.9. The van der Waals surface area contributed by atoms with Gasteiger partial charge in [0.05, 0.1) is 17.4 Å². The fraction of sp³-hybridized carbons (Fsp3) is 0.0400. The summed E-state index contributed by atoms with van der Waals surface area (Å²) in [4.78, 5) is 12.5. The van der Waals surface area contributed by atoms with Crippen LogP contribution in [-0.4, -0.2) is 31.1 Å². The maximum Gasteiger partial charge on any atom is 0.251 e. The van der Waals surface area contributed by atoms with Crippen molar-refractivity contribution >= 4 is 22.9 Å². The van der Waals surface area contributed by atoms with Crippen molar-refractivity contribution in [1.82, 2.24) is 30.5 Å². The van der Waals surface area contributed by atoms with Gasteiger partial charge >= 0.3 is 0 Å². The first-order chi connectivity index (χ1) is 15.7. The summed E-state index contributed by atoms with van der Waals surface area (Å²) < 4.78 is 1.67. The Balaban J connectivity index is 1.29. The van der Waals surface area contributed by atoms with Gasteiger partial charge in [-0.3, -0.25) is 9.89 Å². The molecule has 2 aromatic heterocycles. The zero-order valence-corrected chi connectivity index (χ0v) is 17.2. The largest absolute Gasteiger partial charge is 0.348 e. The molecule has 0 saturated heterocycles. The SMILES string of the molecule is C=Cc1cccc(CNC(=O)c2ccc(-n3cc(-c4n[nH]c5ccccc45)nn3)cc2)c1. The first kappa shape index (κ1) is 19.4. The highest BCUT2D eigenvalue weighted by molar-refractivity contribution is 5.94. The lowest BCUT2D eigenvalue weighted by Crippen LogP contribution is -2.22. The van der Waals surface area contributed by atoms with E-state index in [-0.39, 0.29) is 5.91 Å². The van der Waals surface area contributed by atoms with Crippen LogP contribution < -0.4 is 5.32 Å². The summed E-state index contributed by atoms with van der Waals surface area (Å²) in [6.45, 7) is 4.22. The average molecular weight is 420 g/mol. The Labute approximate surface area is 184 Å². The molecule has 0 fully saturated rings. The van der Waals surface area contributed by atoms with E-state index in [1.54, 1.807) is 22.9 Å². The van der Waals surface area contributed by atoms with Crippen molar-refractivity contribution < 1.29 is 4.79 Å². The van der Waals surface area contributed by atoms with Crippen molar-refractivity contribution in [2.24, 2.45) is 0 Å². The molecule has 1 amide bonds. The molecule has 2 heterocycles. The number of hydrogen-bond acceptors (Lipinski definition) is 4. The van der Waals surface area contributed by atoms with Gasteiger partial charge in [-0.2, -0.15) is 5.10 Å². The third-order valence-corrected chi connectivity index (χ3v) is 5.24. The van der Waals surface area contributed by atoms with E-state index in [9.17, 15) is 4.79 Å². The second-order valence-corrected chi connectivity index (χ2v) is 7.34. The molecule has 156 valence electrons. The van der Waals surface area contributed by atoms with Gasteiger partial charge in [0.2, 0.25) is 0 Å². The van der Waals surface area contributed by atoms with Crippen LogP contribution >= 0.6 is 0 Å². The minimum Gasteiger partial charge on any atom is -0.348 e. The Hall–Kier alpha value is -4.52. The van der Waals surface area contributed by atoms with Gasteiger partial charge in [0.25, 0.3) is 5.91 Å². The lowest BCUT2D eigenvalue weighted by molar-refractivity contribution is 0.0951. The van der Waals surface area contributed by atoms with Crippen LogP contribution in [0.5, 0.6) is 0 Å². The maximum absolute atomic E-state index is 12.5. The Bertz CT molecular complexity index is 1410. The molecule has 0 spiro atoms. The summed E-state index contributed by atoms with van der Waals surface area (Å²) in [6.07, 6.45) is 3.61. The van der Waals surface area contributed by atoms with E-state index >= 15 is 0 Å². The topological polar surface area (TPSA) is 88.5 Å². The van der Waals surface area contributed by atoms with Crippen molar-refractivity contribution in [1.29, 1.82) is 0 Å². The number of para-hydroxylation sites is 1. The van der Waals surface area contributed by atoms with Gasteiger partial charge in [-0.05, 0) is 47.5 Å². The predicted molar refractivity (Wildman–Crippen MR) is 124 cm³/mol. The van der Waals surface area contributed by atoms with Gasteiger partial charge in [0.1, 0.15) is 11.4 Å². The van der Waals surface area contributed by atoms with Gasteiger partial charge in [-0.1, -0.05) is 54.3 Å². The van der Waals surface area contributed by atoms with E-state index in [0.717, 1.165) is 33.4 Å². The molecule has 3 aromatic carbocycles. The summed E-state index contributed by atoms with van der Waals surface area (Å²) >= 11 is 0. The second-order valence-electron chi connectivity index (χ2n) is 7.34. The smallest absolute Gasteiger partial charge is 0.251 e. The van der Waals surface area contributed by atoms with E-state index in [0.29, 0.717) is 17.8 Å². The number of aromatic amines is 1. The Morgan fingerprint density at radius 3 is 2.75 bits per heavy atom. The Morgan fingerprint density at radius 1 is 1.06 bits per heavy atom. The first-order valence-electron chi connectivity index (χ1n) is 10.2. The molecule has 0 radical (unpaired) electrons. The Kier molecular flexibility index (Phi) is 5.05. The summed E-state index contributed by atoms with van der Waals surface area (Å²) in [6, 6.07) is 23.0. The highest BCUT2D eigenvalue weighted by atomic mass is 16.1. The third-order valence-electron chi connectivity index (χ3n) is 5.24. The van der Waals surface area contributed by atoms with Crippen molar-refractivity contribution in [2.75, 3.05) is 0 Å². The van der Waals surface area contributed by atoms with Crippen LogP contribution in [0.2, 0.25) is 0 Å².